The molecule has 0 aromatic carbocycles. The molecule has 5 aliphatic rings. The van der Waals surface area contributed by atoms with Gasteiger partial charge in [-0.2, -0.15) is 0 Å². The predicted molar refractivity (Wildman–Crippen MR) is 254 cm³/mol. The van der Waals surface area contributed by atoms with E-state index < -0.39 is 23.5 Å². The summed E-state index contributed by atoms with van der Waals surface area (Å²) in [6.45, 7) is 10.5. The van der Waals surface area contributed by atoms with Gasteiger partial charge in [-0.15, -0.1) is 0 Å². The average Bonchev–Trinajstić information content (AvgIpc) is 3.57. The first-order valence-electron chi connectivity index (χ1n) is 26.2. The molecule has 15 heteroatoms. The molecule has 3 amide bonds. The fourth-order valence-corrected chi connectivity index (χ4v) is 11.1. The number of carbonyl (C=O) groups excluding carboxylic acids is 5. The van der Waals surface area contributed by atoms with E-state index in [0.717, 1.165) is 109 Å². The Morgan fingerprint density at radius 1 is 0.833 bits per heavy atom. The van der Waals surface area contributed by atoms with Crippen LogP contribution in [0, 0.1) is 5.92 Å². The third-order valence-corrected chi connectivity index (χ3v) is 14.3. The van der Waals surface area contributed by atoms with Crippen LogP contribution in [0.3, 0.4) is 0 Å². The van der Waals surface area contributed by atoms with E-state index in [1.165, 1.54) is 59.3 Å². The van der Waals surface area contributed by atoms with Crippen molar-refractivity contribution in [3.8, 4) is 0 Å². The Balaban J connectivity index is 0.933. The van der Waals surface area contributed by atoms with Crippen LogP contribution < -0.4 is 21.3 Å². The molecule has 2 fully saturated rings. The van der Waals surface area contributed by atoms with Crippen LogP contribution in [0.1, 0.15) is 195 Å². The number of hydrogen-bond donors (Lipinski definition) is 4. The summed E-state index contributed by atoms with van der Waals surface area (Å²) in [6, 6.07) is 0.356. The lowest BCUT2D eigenvalue weighted by atomic mass is 9.80. The lowest BCUT2D eigenvalue weighted by Gasteiger charge is -2.50. The molecule has 0 aromatic rings. The minimum absolute atomic E-state index is 0.0198. The first-order valence-corrected chi connectivity index (χ1v) is 26.2. The number of esters is 2. The monoisotopic (exact) mass is 928 g/mol. The maximum absolute atomic E-state index is 14.1. The number of guanidine groups is 1. The lowest BCUT2D eigenvalue weighted by molar-refractivity contribution is -0.609. The second kappa shape index (κ2) is 27.3. The maximum atomic E-state index is 14.1. The van der Waals surface area contributed by atoms with Crippen molar-refractivity contribution in [1.29, 1.82) is 0 Å². The molecule has 4 N–H and O–H groups in total. The van der Waals surface area contributed by atoms with Gasteiger partial charge in [-0.3, -0.25) is 28.5 Å². The van der Waals surface area contributed by atoms with E-state index in [1.807, 2.05) is 0 Å². The zero-order valence-electron chi connectivity index (χ0n) is 41.4. The van der Waals surface area contributed by atoms with Crippen LogP contribution in [-0.4, -0.2) is 120 Å². The molecule has 374 valence electrons. The molecule has 66 heavy (non-hydrogen) atoms. The van der Waals surface area contributed by atoms with E-state index in [4.69, 9.17) is 18.9 Å². The Hall–Kier alpha value is -3.72. The fourth-order valence-electron chi connectivity index (χ4n) is 11.1. The molecule has 0 unspecified atom stereocenters. The van der Waals surface area contributed by atoms with Crippen LogP contribution in [0.4, 0.5) is 0 Å². The van der Waals surface area contributed by atoms with Crippen molar-refractivity contribution in [3.05, 3.63) is 12.2 Å². The SMILES string of the molecule is CC[C@H]1C=CCC[C@@]2(C[C@@H]3CC[C@@H]4[C@H](C(=O)OCCCCCCCCCCCCCCCC(=O)N(CCCNC(C)=O)C[C@H](CCNC(C)=O)OC(C)=O)[C@]5(CCC[C@@H](C)O5)NC(=[N+]34)N2)O1. The molecule has 5 rings (SSSR count). The van der Waals surface area contributed by atoms with Gasteiger partial charge in [0.2, 0.25) is 23.4 Å². The molecule has 5 aliphatic heterocycles. The van der Waals surface area contributed by atoms with Gasteiger partial charge in [-0.25, -0.2) is 10.6 Å². The van der Waals surface area contributed by atoms with Crippen LogP contribution in [-0.2, 0) is 42.9 Å². The second-order valence-electron chi connectivity index (χ2n) is 19.9. The average molecular weight is 928 g/mol. The van der Waals surface area contributed by atoms with E-state index in [-0.39, 0.29) is 54.4 Å². The molecule has 0 aromatic heterocycles. The molecule has 2 spiro atoms. The van der Waals surface area contributed by atoms with Crippen molar-refractivity contribution in [2.45, 2.75) is 237 Å². The van der Waals surface area contributed by atoms with Gasteiger partial charge in [0.05, 0.1) is 37.4 Å². The van der Waals surface area contributed by atoms with Crippen molar-refractivity contribution >= 4 is 35.6 Å². The minimum atomic E-state index is -0.781. The van der Waals surface area contributed by atoms with Crippen molar-refractivity contribution in [3.63, 3.8) is 0 Å². The van der Waals surface area contributed by atoms with E-state index in [1.54, 1.807) is 4.90 Å². The smallest absolute Gasteiger partial charge is 0.350 e. The summed E-state index contributed by atoms with van der Waals surface area (Å²) in [5.74, 6) is -0.194. The molecule has 0 radical (unpaired) electrons. The van der Waals surface area contributed by atoms with E-state index in [2.05, 4.69) is 51.8 Å². The Bertz CT molecular complexity index is 1640. The number of unbranched alkanes of at least 4 members (excludes halogenated alkanes) is 12. The highest BCUT2D eigenvalue weighted by atomic mass is 16.6. The summed E-state index contributed by atoms with van der Waals surface area (Å²) < 4.78 is 27.6. The van der Waals surface area contributed by atoms with Gasteiger partial charge in [0.25, 0.3) is 0 Å². The summed E-state index contributed by atoms with van der Waals surface area (Å²) in [5.41, 5.74) is -1.20. The molecule has 0 saturated carbocycles. The van der Waals surface area contributed by atoms with Gasteiger partial charge in [0.15, 0.2) is 11.6 Å². The zero-order valence-corrected chi connectivity index (χ0v) is 41.4. The molecule has 2 saturated heterocycles. The Morgan fingerprint density at radius 2 is 1.50 bits per heavy atom. The summed E-state index contributed by atoms with van der Waals surface area (Å²) in [7, 11) is 0. The summed E-state index contributed by atoms with van der Waals surface area (Å²) in [6.07, 6.45) is 28.6. The second-order valence-corrected chi connectivity index (χ2v) is 19.9. The maximum Gasteiger partial charge on any atom is 0.350 e. The number of rotatable bonds is 28. The third-order valence-electron chi connectivity index (χ3n) is 14.3. The molecular formula is C51H87N6O9+. The first-order chi connectivity index (χ1) is 31.8. The highest BCUT2D eigenvalue weighted by Gasteiger charge is 2.64. The van der Waals surface area contributed by atoms with Crippen LogP contribution in [0.5, 0.6) is 0 Å². The van der Waals surface area contributed by atoms with Crippen LogP contribution in [0.25, 0.3) is 0 Å². The highest BCUT2D eigenvalue weighted by Crippen LogP contribution is 2.46. The Morgan fingerprint density at radius 3 is 2.15 bits per heavy atom. The van der Waals surface area contributed by atoms with Gasteiger partial charge in [-0.05, 0) is 64.7 Å². The Labute approximate surface area is 396 Å². The van der Waals surface area contributed by atoms with Crippen molar-refractivity contribution in [1.82, 2.24) is 26.2 Å². The Kier molecular flexibility index (Phi) is 22.0. The third kappa shape index (κ3) is 16.5. The van der Waals surface area contributed by atoms with Crippen LogP contribution in [0.2, 0.25) is 0 Å². The van der Waals surface area contributed by atoms with Gasteiger partial charge in [-0.1, -0.05) is 89.7 Å². The van der Waals surface area contributed by atoms with Crippen LogP contribution >= 0.6 is 0 Å². The molecular weight excluding hydrogens is 841 g/mol. The van der Waals surface area contributed by atoms with E-state index in [9.17, 15) is 24.0 Å². The van der Waals surface area contributed by atoms with Crippen molar-refractivity contribution in [2.75, 3.05) is 32.8 Å². The summed E-state index contributed by atoms with van der Waals surface area (Å²) in [5, 5.41) is 13.2. The largest absolute Gasteiger partial charge is 0.465 e. The molecule has 8 atom stereocenters. The van der Waals surface area contributed by atoms with E-state index in [0.29, 0.717) is 51.5 Å². The molecule has 0 bridgehead atoms. The molecule has 15 nitrogen and oxygen atoms in total. The summed E-state index contributed by atoms with van der Waals surface area (Å²) in [4.78, 5) is 63.6. The van der Waals surface area contributed by atoms with Gasteiger partial charge >= 0.3 is 17.9 Å². The highest BCUT2D eigenvalue weighted by molar-refractivity contribution is 5.82. The number of ether oxygens (including phenoxy) is 4. The van der Waals surface area contributed by atoms with Gasteiger partial charge in [0, 0.05) is 72.5 Å². The topological polar surface area (TPSA) is 177 Å². The predicted octanol–water partition coefficient (Wildman–Crippen LogP) is 7.04. The van der Waals surface area contributed by atoms with Gasteiger partial charge < -0.3 is 34.5 Å². The zero-order chi connectivity index (χ0) is 47.4. The standard InChI is InChI=1S/C51H86N6O9/c1-6-43-25-19-20-30-50(66-43)36-42-27-28-45-47(51(31-22-24-38(2)65-51)55-49(54-50)57(42)45)48(62)63-35-21-17-15-13-11-9-7-8-10-12-14-16-18-26-46(61)56(34-23-32-52-39(3)58)37-44(64-41(5)60)29-33-53-40(4)59/h19,25,38,42-45,47H,6-18,20-24,26-37H2,1-5H3,(H3,52,53,54,55,58,59)/p+1/t38-,42+,43+,44+,45-,47-,50+,51-/m1/s1. The van der Waals surface area contributed by atoms with Crippen LogP contribution in [0.15, 0.2) is 12.2 Å². The number of carbonyl (C=O) groups is 5. The first kappa shape index (κ1) is 53.2. The number of hydrogen-bond acceptors (Lipinski definition) is 11. The minimum Gasteiger partial charge on any atom is -0.465 e. The van der Waals surface area contributed by atoms with Gasteiger partial charge in [0.1, 0.15) is 6.10 Å². The number of amides is 3. The number of allylic oxidation sites excluding steroid dienone is 1. The van der Waals surface area contributed by atoms with Crippen molar-refractivity contribution in [2.24, 2.45) is 5.92 Å². The number of nitrogens with zero attached hydrogens (tertiary/aromatic N) is 2. The molecule has 0 aliphatic carbocycles. The quantitative estimate of drug-likeness (QED) is 0.0274. The fraction of sp³-hybridized carbons (Fsp3) is 0.843. The van der Waals surface area contributed by atoms with E-state index >= 15 is 0 Å². The summed E-state index contributed by atoms with van der Waals surface area (Å²) >= 11 is 0. The normalized spacial score (nSPS) is 27.0. The van der Waals surface area contributed by atoms with Crippen molar-refractivity contribution < 1.29 is 47.5 Å². The lowest BCUT2D eigenvalue weighted by Crippen LogP contribution is -2.76. The number of nitrogens with one attached hydrogen (secondary N) is 4. The molecule has 5 heterocycles.